The second kappa shape index (κ2) is 8.14. The molecule has 5 nitrogen and oxygen atoms in total. The lowest BCUT2D eigenvalue weighted by atomic mass is 10.1. The van der Waals surface area contributed by atoms with Crippen LogP contribution in [-0.4, -0.2) is 23.8 Å². The van der Waals surface area contributed by atoms with Crippen molar-refractivity contribution in [3.8, 4) is 0 Å². The van der Waals surface area contributed by atoms with E-state index in [-0.39, 0.29) is 16.4 Å². The molecule has 0 saturated carbocycles. The Hall–Kier alpha value is -2.37. The van der Waals surface area contributed by atoms with E-state index in [0.29, 0.717) is 16.3 Å². The zero-order valence-corrected chi connectivity index (χ0v) is 15.0. The number of rotatable bonds is 5. The van der Waals surface area contributed by atoms with E-state index >= 15 is 0 Å². The van der Waals surface area contributed by atoms with Crippen LogP contribution in [0, 0.1) is 0 Å². The van der Waals surface area contributed by atoms with Gasteiger partial charge in [0, 0.05) is 10.6 Å². The maximum Gasteiger partial charge on any atom is 0.340 e. The van der Waals surface area contributed by atoms with Crippen molar-refractivity contribution < 1.29 is 19.1 Å². The van der Waals surface area contributed by atoms with Crippen LogP contribution in [0.15, 0.2) is 42.5 Å². The highest BCUT2D eigenvalue weighted by Gasteiger charge is 2.21. The summed E-state index contributed by atoms with van der Waals surface area (Å²) < 4.78 is 5.13. The number of hydrogen-bond donors (Lipinski definition) is 1. The fourth-order valence-corrected chi connectivity index (χ4v) is 2.55. The van der Waals surface area contributed by atoms with Gasteiger partial charge in [-0.2, -0.15) is 0 Å². The first-order chi connectivity index (χ1) is 11.8. The van der Waals surface area contributed by atoms with Crippen molar-refractivity contribution in [2.45, 2.75) is 20.0 Å². The summed E-state index contributed by atoms with van der Waals surface area (Å²) in [7, 11) is 0. The summed E-state index contributed by atoms with van der Waals surface area (Å²) in [4.78, 5) is 36.0. The molecular weight excluding hydrogens is 365 g/mol. The number of anilines is 1. The van der Waals surface area contributed by atoms with Crippen LogP contribution in [0.1, 0.15) is 34.6 Å². The molecule has 1 N–H and O–H groups in total. The molecule has 2 aromatic carbocycles. The molecule has 2 aromatic rings. The summed E-state index contributed by atoms with van der Waals surface area (Å²) in [6, 6.07) is 10.9. The van der Waals surface area contributed by atoms with Crippen molar-refractivity contribution in [3.63, 3.8) is 0 Å². The number of ketones is 1. The van der Waals surface area contributed by atoms with E-state index in [1.54, 1.807) is 24.3 Å². The SMILES string of the molecule is CC(=O)c1ccccc1NC(=O)[C@H](C)OC(=O)c1ccc(Cl)cc1Cl. The quantitative estimate of drug-likeness (QED) is 0.617. The van der Waals surface area contributed by atoms with Crippen molar-refractivity contribution in [1.29, 1.82) is 0 Å². The molecule has 7 heteroatoms. The molecular formula is C18H15Cl2NO4. The highest BCUT2D eigenvalue weighted by Crippen LogP contribution is 2.22. The van der Waals surface area contributed by atoms with Gasteiger partial charge in [0.2, 0.25) is 0 Å². The molecule has 0 saturated heterocycles. The second-order valence-corrected chi connectivity index (χ2v) is 6.11. The maximum absolute atomic E-state index is 12.2. The Morgan fingerprint density at radius 1 is 1.04 bits per heavy atom. The van der Waals surface area contributed by atoms with Gasteiger partial charge in [0.1, 0.15) is 0 Å². The molecule has 0 spiro atoms. The number of esters is 1. The first-order valence-electron chi connectivity index (χ1n) is 7.36. The molecule has 130 valence electrons. The number of para-hydroxylation sites is 1. The average molecular weight is 380 g/mol. The van der Waals surface area contributed by atoms with E-state index < -0.39 is 18.0 Å². The van der Waals surface area contributed by atoms with E-state index in [4.69, 9.17) is 27.9 Å². The molecule has 0 bridgehead atoms. The fourth-order valence-electron chi connectivity index (χ4n) is 2.07. The van der Waals surface area contributed by atoms with E-state index in [2.05, 4.69) is 5.32 Å². The third kappa shape index (κ3) is 4.81. The number of amides is 1. The highest BCUT2D eigenvalue weighted by molar-refractivity contribution is 6.36. The van der Waals surface area contributed by atoms with Gasteiger partial charge in [-0.05, 0) is 44.2 Å². The zero-order chi connectivity index (χ0) is 18.6. The van der Waals surface area contributed by atoms with Gasteiger partial charge in [-0.1, -0.05) is 35.3 Å². The average Bonchev–Trinajstić information content (AvgIpc) is 2.54. The molecule has 0 radical (unpaired) electrons. The van der Waals surface area contributed by atoms with Crippen molar-refractivity contribution in [2.75, 3.05) is 5.32 Å². The Morgan fingerprint density at radius 3 is 2.36 bits per heavy atom. The molecule has 0 fully saturated rings. The van der Waals surface area contributed by atoms with Gasteiger partial charge in [-0.3, -0.25) is 9.59 Å². The van der Waals surface area contributed by atoms with Crippen LogP contribution in [0.2, 0.25) is 10.0 Å². The first-order valence-corrected chi connectivity index (χ1v) is 8.12. The molecule has 0 heterocycles. The molecule has 1 atom stereocenters. The number of ether oxygens (including phenoxy) is 1. The van der Waals surface area contributed by atoms with Gasteiger partial charge in [0.25, 0.3) is 5.91 Å². The molecule has 25 heavy (non-hydrogen) atoms. The third-order valence-corrected chi connectivity index (χ3v) is 3.92. The van der Waals surface area contributed by atoms with Crippen LogP contribution < -0.4 is 5.32 Å². The zero-order valence-electron chi connectivity index (χ0n) is 13.5. The van der Waals surface area contributed by atoms with Gasteiger partial charge in [-0.25, -0.2) is 4.79 Å². The minimum atomic E-state index is -1.08. The minimum absolute atomic E-state index is 0.106. The number of halogens is 2. The van der Waals surface area contributed by atoms with Gasteiger partial charge in [0.15, 0.2) is 11.9 Å². The Labute approximate surface area is 154 Å². The molecule has 0 aliphatic heterocycles. The molecule has 0 unspecified atom stereocenters. The number of nitrogens with one attached hydrogen (secondary N) is 1. The molecule has 2 rings (SSSR count). The Morgan fingerprint density at radius 2 is 1.72 bits per heavy atom. The smallest absolute Gasteiger partial charge is 0.340 e. The first kappa shape index (κ1) is 19.0. The van der Waals surface area contributed by atoms with E-state index in [0.717, 1.165) is 0 Å². The van der Waals surface area contributed by atoms with Crippen molar-refractivity contribution >= 4 is 46.5 Å². The lowest BCUT2D eigenvalue weighted by molar-refractivity contribution is -0.123. The van der Waals surface area contributed by atoms with Crippen LogP contribution in [0.3, 0.4) is 0 Å². The molecule has 0 aromatic heterocycles. The number of hydrogen-bond acceptors (Lipinski definition) is 4. The standard InChI is InChI=1S/C18H15Cl2NO4/c1-10(22)13-5-3-4-6-16(13)21-17(23)11(2)25-18(24)14-8-7-12(19)9-15(14)20/h3-9,11H,1-2H3,(H,21,23)/t11-/m0/s1. The van der Waals surface area contributed by atoms with Crippen LogP contribution in [0.4, 0.5) is 5.69 Å². The Kier molecular flexibility index (Phi) is 6.17. The van der Waals surface area contributed by atoms with E-state index in [1.165, 1.54) is 32.0 Å². The molecule has 0 aliphatic rings. The highest BCUT2D eigenvalue weighted by atomic mass is 35.5. The van der Waals surface area contributed by atoms with E-state index in [1.807, 2.05) is 0 Å². The van der Waals surface area contributed by atoms with Crippen molar-refractivity contribution in [1.82, 2.24) is 0 Å². The third-order valence-electron chi connectivity index (χ3n) is 3.37. The fraction of sp³-hybridized carbons (Fsp3) is 0.167. The maximum atomic E-state index is 12.2. The van der Waals surface area contributed by atoms with Crippen LogP contribution in [-0.2, 0) is 9.53 Å². The van der Waals surface area contributed by atoms with Gasteiger partial charge >= 0.3 is 5.97 Å². The normalized spacial score (nSPS) is 11.5. The lowest BCUT2D eigenvalue weighted by Crippen LogP contribution is -2.30. The Balaban J connectivity index is 2.08. The van der Waals surface area contributed by atoms with Crippen molar-refractivity contribution in [2.24, 2.45) is 0 Å². The number of carbonyl (C=O) groups excluding carboxylic acids is 3. The predicted molar refractivity (Wildman–Crippen MR) is 96.4 cm³/mol. The molecule has 0 aliphatic carbocycles. The summed E-state index contributed by atoms with van der Waals surface area (Å²) in [6.45, 7) is 2.82. The number of carbonyl (C=O) groups is 3. The summed E-state index contributed by atoms with van der Waals surface area (Å²) in [5, 5.41) is 3.10. The van der Waals surface area contributed by atoms with E-state index in [9.17, 15) is 14.4 Å². The number of Topliss-reactive ketones (excluding diaryl/α,β-unsaturated/α-hetero) is 1. The molecule has 1 amide bonds. The second-order valence-electron chi connectivity index (χ2n) is 5.26. The minimum Gasteiger partial charge on any atom is -0.449 e. The number of benzene rings is 2. The van der Waals surface area contributed by atoms with Crippen LogP contribution >= 0.6 is 23.2 Å². The monoisotopic (exact) mass is 379 g/mol. The van der Waals surface area contributed by atoms with Gasteiger partial charge in [0.05, 0.1) is 16.3 Å². The predicted octanol–water partition coefficient (Wildman–Crippen LogP) is 4.38. The largest absolute Gasteiger partial charge is 0.449 e. The Bertz CT molecular complexity index is 836. The summed E-state index contributed by atoms with van der Waals surface area (Å²) >= 11 is 11.7. The lowest BCUT2D eigenvalue weighted by Gasteiger charge is -2.15. The topological polar surface area (TPSA) is 72.5 Å². The van der Waals surface area contributed by atoms with Gasteiger partial charge in [-0.15, -0.1) is 0 Å². The van der Waals surface area contributed by atoms with Crippen LogP contribution in [0.25, 0.3) is 0 Å². The summed E-state index contributed by atoms with van der Waals surface area (Å²) in [6.07, 6.45) is -1.08. The summed E-state index contributed by atoms with van der Waals surface area (Å²) in [5.74, 6) is -1.50. The van der Waals surface area contributed by atoms with Crippen LogP contribution in [0.5, 0.6) is 0 Å². The van der Waals surface area contributed by atoms with Crippen molar-refractivity contribution in [3.05, 3.63) is 63.6 Å². The summed E-state index contributed by atoms with van der Waals surface area (Å²) in [5.41, 5.74) is 0.831. The van der Waals surface area contributed by atoms with Gasteiger partial charge < -0.3 is 10.1 Å².